The van der Waals surface area contributed by atoms with Gasteiger partial charge < -0.3 is 9.47 Å². The molecule has 0 saturated carbocycles. The SMILES string of the molecule is COCCOc1ccc(-c2nnc(Cn3nccn3)n2-c2ccc(Cl)cc2)cc1. The quantitative estimate of drug-likeness (QED) is 0.415. The minimum Gasteiger partial charge on any atom is -0.491 e. The van der Waals surface area contributed by atoms with Crippen molar-refractivity contribution in [2.45, 2.75) is 6.54 Å². The molecule has 0 aliphatic heterocycles. The third kappa shape index (κ3) is 4.44. The number of hydrogen-bond acceptors (Lipinski definition) is 6. The van der Waals surface area contributed by atoms with Gasteiger partial charge in [0, 0.05) is 23.4 Å². The smallest absolute Gasteiger partial charge is 0.168 e. The number of nitrogens with zero attached hydrogens (tertiary/aromatic N) is 6. The molecule has 9 heteroatoms. The average molecular weight is 411 g/mol. The lowest BCUT2D eigenvalue weighted by molar-refractivity contribution is 0.146. The fraction of sp³-hybridized carbons (Fsp3) is 0.200. The molecule has 4 aromatic rings. The average Bonchev–Trinajstić information content (AvgIpc) is 3.40. The Balaban J connectivity index is 1.69. The van der Waals surface area contributed by atoms with Crippen molar-refractivity contribution in [1.29, 1.82) is 0 Å². The molecule has 0 aliphatic carbocycles. The summed E-state index contributed by atoms with van der Waals surface area (Å²) in [4.78, 5) is 1.56. The predicted octanol–water partition coefficient (Wildman–Crippen LogP) is 3.25. The number of halogens is 1. The van der Waals surface area contributed by atoms with Crippen molar-refractivity contribution in [1.82, 2.24) is 29.8 Å². The number of benzene rings is 2. The van der Waals surface area contributed by atoms with E-state index in [9.17, 15) is 0 Å². The minimum absolute atomic E-state index is 0.390. The van der Waals surface area contributed by atoms with E-state index in [0.29, 0.717) is 36.4 Å². The number of aromatic nitrogens is 6. The molecule has 8 nitrogen and oxygen atoms in total. The standard InChI is InChI=1S/C20H19ClN6O2/c1-28-12-13-29-18-8-2-15(3-9-18)20-25-24-19(14-26-22-10-11-23-26)27(20)17-6-4-16(21)5-7-17/h2-11H,12-14H2,1H3. The van der Waals surface area contributed by atoms with Gasteiger partial charge in [-0.25, -0.2) is 0 Å². The topological polar surface area (TPSA) is 79.9 Å². The van der Waals surface area contributed by atoms with E-state index in [-0.39, 0.29) is 0 Å². The molecular weight excluding hydrogens is 392 g/mol. The van der Waals surface area contributed by atoms with Crippen LogP contribution < -0.4 is 4.74 Å². The molecule has 4 rings (SSSR count). The first kappa shape index (κ1) is 19.1. The molecule has 148 valence electrons. The van der Waals surface area contributed by atoms with Crippen LogP contribution in [0.3, 0.4) is 0 Å². The van der Waals surface area contributed by atoms with Crippen LogP contribution in [0, 0.1) is 0 Å². The summed E-state index contributed by atoms with van der Waals surface area (Å²) in [6.45, 7) is 1.43. The summed E-state index contributed by atoms with van der Waals surface area (Å²) >= 11 is 6.07. The van der Waals surface area contributed by atoms with Crippen LogP contribution in [0.2, 0.25) is 5.02 Å². The van der Waals surface area contributed by atoms with E-state index >= 15 is 0 Å². The van der Waals surface area contributed by atoms with Gasteiger partial charge in [0.15, 0.2) is 11.6 Å². The fourth-order valence-corrected chi connectivity index (χ4v) is 2.99. The first-order valence-corrected chi connectivity index (χ1v) is 9.39. The van der Waals surface area contributed by atoms with Gasteiger partial charge in [-0.3, -0.25) is 4.57 Å². The van der Waals surface area contributed by atoms with Crippen LogP contribution in [0.25, 0.3) is 17.1 Å². The van der Waals surface area contributed by atoms with E-state index in [0.717, 1.165) is 17.0 Å². The van der Waals surface area contributed by atoms with E-state index in [2.05, 4.69) is 20.4 Å². The second-order valence-electron chi connectivity index (χ2n) is 6.18. The fourth-order valence-electron chi connectivity index (χ4n) is 2.86. The lowest BCUT2D eigenvalue weighted by Gasteiger charge is -2.11. The Morgan fingerprint density at radius 3 is 2.31 bits per heavy atom. The second kappa shape index (κ2) is 8.85. The van der Waals surface area contributed by atoms with Crippen molar-refractivity contribution in [3.05, 3.63) is 71.8 Å². The highest BCUT2D eigenvalue weighted by Crippen LogP contribution is 2.26. The van der Waals surface area contributed by atoms with Crippen molar-refractivity contribution in [2.75, 3.05) is 20.3 Å². The van der Waals surface area contributed by atoms with Crippen LogP contribution in [0.1, 0.15) is 5.82 Å². The number of hydrogen-bond donors (Lipinski definition) is 0. The summed E-state index contributed by atoms with van der Waals surface area (Å²) in [7, 11) is 1.65. The van der Waals surface area contributed by atoms with Crippen LogP contribution in [0.4, 0.5) is 0 Å². The Morgan fingerprint density at radius 1 is 0.897 bits per heavy atom. The Kier molecular flexibility index (Phi) is 5.83. The van der Waals surface area contributed by atoms with Gasteiger partial charge in [-0.15, -0.1) is 10.2 Å². The summed E-state index contributed by atoms with van der Waals surface area (Å²) in [6.07, 6.45) is 3.26. The van der Waals surface area contributed by atoms with Gasteiger partial charge in [0.05, 0.1) is 19.0 Å². The summed E-state index contributed by atoms with van der Waals surface area (Å²) < 4.78 is 12.6. The zero-order valence-electron chi connectivity index (χ0n) is 15.8. The first-order valence-electron chi connectivity index (χ1n) is 9.01. The van der Waals surface area contributed by atoms with Gasteiger partial charge in [-0.05, 0) is 48.5 Å². The highest BCUT2D eigenvalue weighted by molar-refractivity contribution is 6.30. The normalized spacial score (nSPS) is 11.0. The van der Waals surface area contributed by atoms with E-state index in [1.807, 2.05) is 53.1 Å². The summed E-state index contributed by atoms with van der Waals surface area (Å²) in [5.74, 6) is 2.18. The lowest BCUT2D eigenvalue weighted by atomic mass is 10.2. The van der Waals surface area contributed by atoms with E-state index in [1.54, 1.807) is 24.3 Å². The van der Waals surface area contributed by atoms with Crippen molar-refractivity contribution in [3.63, 3.8) is 0 Å². The second-order valence-corrected chi connectivity index (χ2v) is 6.61. The van der Waals surface area contributed by atoms with E-state index in [1.165, 1.54) is 0 Å². The van der Waals surface area contributed by atoms with Gasteiger partial charge >= 0.3 is 0 Å². The summed E-state index contributed by atoms with van der Waals surface area (Å²) in [5.41, 5.74) is 1.81. The Morgan fingerprint density at radius 2 is 1.62 bits per heavy atom. The molecule has 0 atom stereocenters. The highest BCUT2D eigenvalue weighted by Gasteiger charge is 2.16. The Hall–Kier alpha value is -3.23. The van der Waals surface area contributed by atoms with Gasteiger partial charge in [-0.2, -0.15) is 15.0 Å². The molecule has 2 aromatic carbocycles. The third-order valence-corrected chi connectivity index (χ3v) is 4.48. The van der Waals surface area contributed by atoms with Crippen LogP contribution in [-0.2, 0) is 11.3 Å². The molecule has 0 amide bonds. The van der Waals surface area contributed by atoms with Gasteiger partial charge in [0.2, 0.25) is 0 Å². The zero-order valence-corrected chi connectivity index (χ0v) is 16.5. The number of ether oxygens (including phenoxy) is 2. The summed E-state index contributed by atoms with van der Waals surface area (Å²) in [6, 6.07) is 15.2. The molecule has 0 bridgehead atoms. The van der Waals surface area contributed by atoms with Crippen LogP contribution in [0.5, 0.6) is 5.75 Å². The summed E-state index contributed by atoms with van der Waals surface area (Å²) in [5, 5.41) is 17.8. The molecule has 29 heavy (non-hydrogen) atoms. The monoisotopic (exact) mass is 410 g/mol. The van der Waals surface area contributed by atoms with Crippen molar-refractivity contribution in [3.8, 4) is 22.8 Å². The molecule has 2 heterocycles. The largest absolute Gasteiger partial charge is 0.491 e. The molecule has 0 saturated heterocycles. The molecule has 0 unspecified atom stereocenters. The molecule has 0 N–H and O–H groups in total. The Labute approximate surface area is 172 Å². The van der Waals surface area contributed by atoms with Crippen molar-refractivity contribution in [2.24, 2.45) is 0 Å². The molecule has 0 aliphatic rings. The minimum atomic E-state index is 0.390. The van der Waals surface area contributed by atoms with Gasteiger partial charge in [-0.1, -0.05) is 11.6 Å². The first-order chi connectivity index (χ1) is 14.2. The molecule has 0 radical (unpaired) electrons. The number of methoxy groups -OCH3 is 1. The van der Waals surface area contributed by atoms with E-state index in [4.69, 9.17) is 21.1 Å². The third-order valence-electron chi connectivity index (χ3n) is 4.23. The maximum absolute atomic E-state index is 6.07. The highest BCUT2D eigenvalue weighted by atomic mass is 35.5. The Bertz CT molecular complexity index is 1050. The van der Waals surface area contributed by atoms with Gasteiger partial charge in [0.1, 0.15) is 18.9 Å². The van der Waals surface area contributed by atoms with Crippen LogP contribution >= 0.6 is 11.6 Å². The van der Waals surface area contributed by atoms with Gasteiger partial charge in [0.25, 0.3) is 0 Å². The number of rotatable bonds is 8. The van der Waals surface area contributed by atoms with Crippen molar-refractivity contribution < 1.29 is 9.47 Å². The molecule has 0 spiro atoms. The van der Waals surface area contributed by atoms with Crippen LogP contribution in [0.15, 0.2) is 60.9 Å². The maximum atomic E-state index is 6.07. The van der Waals surface area contributed by atoms with E-state index < -0.39 is 0 Å². The molecule has 2 aromatic heterocycles. The predicted molar refractivity (Wildman–Crippen MR) is 108 cm³/mol. The molecule has 0 fully saturated rings. The lowest BCUT2D eigenvalue weighted by Crippen LogP contribution is -2.10. The van der Waals surface area contributed by atoms with Crippen molar-refractivity contribution >= 4 is 11.6 Å². The molecular formula is C20H19ClN6O2. The zero-order chi connectivity index (χ0) is 20.1. The van der Waals surface area contributed by atoms with Crippen LogP contribution in [-0.4, -0.2) is 50.1 Å². The maximum Gasteiger partial charge on any atom is 0.168 e.